The van der Waals surface area contributed by atoms with Crippen LogP contribution in [0.5, 0.6) is 0 Å². The minimum atomic E-state index is -0.675. The van der Waals surface area contributed by atoms with E-state index < -0.39 is 5.60 Å². The molecular weight excluding hydrogens is 102 g/mol. The molecule has 1 aliphatic rings. The summed E-state index contributed by atoms with van der Waals surface area (Å²) in [7, 11) is 0. The van der Waals surface area contributed by atoms with E-state index in [1.807, 2.05) is 0 Å². The van der Waals surface area contributed by atoms with Gasteiger partial charge in [0.15, 0.2) is 0 Å². The Morgan fingerprint density at radius 2 is 2.25 bits per heavy atom. The molecule has 0 amide bonds. The second-order valence-electron chi connectivity index (χ2n) is 2.47. The van der Waals surface area contributed by atoms with Crippen molar-refractivity contribution in [3.8, 4) is 0 Å². The van der Waals surface area contributed by atoms with E-state index in [-0.39, 0.29) is 6.90 Å². The van der Waals surface area contributed by atoms with E-state index in [0.29, 0.717) is 0 Å². The van der Waals surface area contributed by atoms with Gasteiger partial charge in [-0.05, 0) is 32.8 Å². The first-order valence-electron chi connectivity index (χ1n) is 3.70. The zero-order chi connectivity index (χ0) is 6.74. The van der Waals surface area contributed by atoms with Crippen LogP contribution in [0.25, 0.3) is 0 Å². The maximum Gasteiger partial charge on any atom is 0.0644 e. The van der Waals surface area contributed by atoms with E-state index in [0.717, 1.165) is 25.9 Å². The van der Waals surface area contributed by atoms with Crippen molar-refractivity contribution in [3.05, 3.63) is 0 Å². The molecule has 1 fully saturated rings. The topological polar surface area (TPSA) is 32.3 Å². The normalized spacial score (nSPS) is 29.4. The van der Waals surface area contributed by atoms with Crippen LogP contribution < -0.4 is 5.32 Å². The standard InChI is InChI=1S/C6H13NO/c1-6(8)2-4-7-5-3-6/h7-8H,2-5H2,1H3/i1D. The molecule has 1 rings (SSSR count). The molecule has 2 nitrogen and oxygen atoms in total. The highest BCUT2D eigenvalue weighted by atomic mass is 16.3. The smallest absolute Gasteiger partial charge is 0.0644 e. The molecule has 0 saturated carbocycles. The highest BCUT2D eigenvalue weighted by Gasteiger charge is 2.21. The van der Waals surface area contributed by atoms with Gasteiger partial charge in [-0.2, -0.15) is 0 Å². The van der Waals surface area contributed by atoms with Gasteiger partial charge in [0.25, 0.3) is 0 Å². The van der Waals surface area contributed by atoms with Gasteiger partial charge in [-0.15, -0.1) is 0 Å². The third-order valence-electron chi connectivity index (χ3n) is 1.53. The summed E-state index contributed by atoms with van der Waals surface area (Å²) in [6.45, 7) is 1.86. The zero-order valence-corrected chi connectivity index (χ0v) is 4.98. The van der Waals surface area contributed by atoms with Crippen LogP contribution in [-0.4, -0.2) is 23.8 Å². The molecule has 1 saturated heterocycles. The quantitative estimate of drug-likeness (QED) is 0.471. The summed E-state index contributed by atoms with van der Waals surface area (Å²) >= 11 is 0. The van der Waals surface area contributed by atoms with Crippen LogP contribution in [0, 0.1) is 0 Å². The van der Waals surface area contributed by atoms with Crippen LogP contribution in [0.3, 0.4) is 0 Å². The Kier molecular flexibility index (Phi) is 1.21. The Bertz CT molecular complexity index is 91.1. The third-order valence-corrected chi connectivity index (χ3v) is 1.53. The number of nitrogens with one attached hydrogen (secondary N) is 1. The van der Waals surface area contributed by atoms with Gasteiger partial charge >= 0.3 is 0 Å². The largest absolute Gasteiger partial charge is 0.390 e. The summed E-state index contributed by atoms with van der Waals surface area (Å²) in [4.78, 5) is 0. The van der Waals surface area contributed by atoms with Crippen molar-refractivity contribution in [3.63, 3.8) is 0 Å². The van der Waals surface area contributed by atoms with Crippen LogP contribution in [0.2, 0.25) is 0 Å². The Balaban J connectivity index is 2.37. The first kappa shape index (κ1) is 4.77. The lowest BCUT2D eigenvalue weighted by molar-refractivity contribution is 0.0291. The lowest BCUT2D eigenvalue weighted by Gasteiger charge is -2.27. The van der Waals surface area contributed by atoms with Gasteiger partial charge in [0.1, 0.15) is 0 Å². The Morgan fingerprint density at radius 3 is 2.62 bits per heavy atom. The summed E-state index contributed by atoms with van der Waals surface area (Å²) in [6.07, 6.45) is 1.47. The predicted octanol–water partition coefficient (Wildman–Crippen LogP) is 0.121. The van der Waals surface area contributed by atoms with Crippen molar-refractivity contribution in [1.82, 2.24) is 5.32 Å². The van der Waals surface area contributed by atoms with Crippen molar-refractivity contribution in [2.24, 2.45) is 0 Å². The average Bonchev–Trinajstić information content (AvgIpc) is 1.90. The average molecular weight is 116 g/mol. The molecule has 0 aliphatic carbocycles. The molecule has 8 heavy (non-hydrogen) atoms. The van der Waals surface area contributed by atoms with E-state index in [4.69, 9.17) is 1.37 Å². The van der Waals surface area contributed by atoms with E-state index in [9.17, 15) is 5.11 Å². The molecule has 1 aliphatic heterocycles. The summed E-state index contributed by atoms with van der Waals surface area (Å²) < 4.78 is 7.02. The molecule has 48 valence electrons. The van der Waals surface area contributed by atoms with Crippen molar-refractivity contribution in [2.75, 3.05) is 13.1 Å². The Morgan fingerprint density at radius 1 is 1.62 bits per heavy atom. The fourth-order valence-electron chi connectivity index (χ4n) is 0.892. The molecule has 2 heteroatoms. The van der Waals surface area contributed by atoms with Gasteiger partial charge in [0.2, 0.25) is 0 Å². The second-order valence-corrected chi connectivity index (χ2v) is 2.47. The highest BCUT2D eigenvalue weighted by Crippen LogP contribution is 2.15. The molecule has 0 radical (unpaired) electrons. The Hall–Kier alpha value is -0.0800. The first-order chi connectivity index (χ1) is 4.27. The molecular formula is C6H13NO. The van der Waals surface area contributed by atoms with Crippen LogP contribution in [0.4, 0.5) is 0 Å². The number of hydrogen-bond acceptors (Lipinski definition) is 2. The lowest BCUT2D eigenvalue weighted by atomic mass is 9.95. The molecule has 1 heterocycles. The molecule has 0 unspecified atom stereocenters. The number of aliphatic hydroxyl groups is 1. The molecule has 2 N–H and O–H groups in total. The second kappa shape index (κ2) is 2.03. The van der Waals surface area contributed by atoms with Crippen LogP contribution >= 0.6 is 0 Å². The van der Waals surface area contributed by atoms with E-state index in [2.05, 4.69) is 5.32 Å². The fraction of sp³-hybridized carbons (Fsp3) is 1.00. The number of rotatable bonds is 0. The maximum absolute atomic E-state index is 9.45. The Labute approximate surface area is 51.3 Å². The van der Waals surface area contributed by atoms with E-state index in [1.54, 1.807) is 0 Å². The van der Waals surface area contributed by atoms with Gasteiger partial charge in [0, 0.05) is 1.37 Å². The van der Waals surface area contributed by atoms with Gasteiger partial charge in [0.05, 0.1) is 5.60 Å². The van der Waals surface area contributed by atoms with E-state index >= 15 is 0 Å². The number of hydrogen-bond donors (Lipinski definition) is 2. The van der Waals surface area contributed by atoms with Crippen molar-refractivity contribution in [1.29, 1.82) is 0 Å². The van der Waals surface area contributed by atoms with Gasteiger partial charge < -0.3 is 10.4 Å². The maximum atomic E-state index is 9.45. The SMILES string of the molecule is [2H]CC1(O)CCNCC1. The minimum absolute atomic E-state index is 0.147. The van der Waals surface area contributed by atoms with Gasteiger partial charge in [-0.25, -0.2) is 0 Å². The molecule has 0 aromatic carbocycles. The van der Waals surface area contributed by atoms with Crippen LogP contribution in [0.15, 0.2) is 0 Å². The van der Waals surface area contributed by atoms with Crippen LogP contribution in [-0.2, 0) is 0 Å². The first-order valence-corrected chi connectivity index (χ1v) is 2.99. The van der Waals surface area contributed by atoms with Crippen molar-refractivity contribution in [2.45, 2.75) is 25.3 Å². The molecule has 0 aromatic heterocycles. The molecule has 0 bridgehead atoms. The summed E-state index contributed by atoms with van der Waals surface area (Å²) in [6, 6.07) is 0. The van der Waals surface area contributed by atoms with Gasteiger partial charge in [-0.3, -0.25) is 0 Å². The molecule has 0 spiro atoms. The predicted molar refractivity (Wildman–Crippen MR) is 32.7 cm³/mol. The van der Waals surface area contributed by atoms with Crippen LogP contribution in [0.1, 0.15) is 21.1 Å². The number of piperidine rings is 1. The highest BCUT2D eigenvalue weighted by molar-refractivity contribution is 4.78. The minimum Gasteiger partial charge on any atom is -0.390 e. The molecule has 0 aromatic rings. The summed E-state index contributed by atoms with van der Waals surface area (Å²) in [5.41, 5.74) is -0.675. The zero-order valence-electron chi connectivity index (χ0n) is 5.98. The lowest BCUT2D eigenvalue weighted by Crippen LogP contribution is -2.39. The fourth-order valence-corrected chi connectivity index (χ4v) is 0.892. The van der Waals surface area contributed by atoms with Crippen molar-refractivity contribution < 1.29 is 6.48 Å². The van der Waals surface area contributed by atoms with Gasteiger partial charge in [-0.1, -0.05) is 0 Å². The monoisotopic (exact) mass is 116 g/mol. The summed E-state index contributed by atoms with van der Waals surface area (Å²) in [5, 5.41) is 12.6. The van der Waals surface area contributed by atoms with E-state index in [1.165, 1.54) is 0 Å². The molecule has 0 atom stereocenters. The summed E-state index contributed by atoms with van der Waals surface area (Å²) in [5.74, 6) is 0. The third kappa shape index (κ3) is 1.46. The van der Waals surface area contributed by atoms with Crippen molar-refractivity contribution >= 4 is 0 Å².